The maximum atomic E-state index is 11.8. The number of thiophene rings is 1. The molecule has 0 saturated heterocycles. The Labute approximate surface area is 138 Å². The predicted octanol–water partition coefficient (Wildman–Crippen LogP) is 2.37. The molecule has 0 radical (unpaired) electrons. The Bertz CT molecular complexity index is 698. The maximum Gasteiger partial charge on any atom is 0.262 e. The molecule has 1 aliphatic rings. The van der Waals surface area contributed by atoms with Crippen molar-refractivity contribution in [3.8, 4) is 5.75 Å². The number of ether oxygens (including phenoxy) is 1. The summed E-state index contributed by atoms with van der Waals surface area (Å²) >= 11 is 1.67. The van der Waals surface area contributed by atoms with Gasteiger partial charge >= 0.3 is 0 Å². The van der Waals surface area contributed by atoms with Crippen LogP contribution in [0.3, 0.4) is 0 Å². The molecule has 0 aliphatic carbocycles. The van der Waals surface area contributed by atoms with E-state index in [1.165, 1.54) is 4.88 Å². The zero-order valence-electron chi connectivity index (χ0n) is 12.6. The summed E-state index contributed by atoms with van der Waals surface area (Å²) in [4.78, 5) is 24.4. The quantitative estimate of drug-likeness (QED) is 0.854. The van der Waals surface area contributed by atoms with Crippen molar-refractivity contribution in [3.63, 3.8) is 0 Å². The van der Waals surface area contributed by atoms with Crippen LogP contribution in [0.15, 0.2) is 35.7 Å². The molecule has 0 bridgehead atoms. The molecule has 2 N–H and O–H groups in total. The summed E-state index contributed by atoms with van der Waals surface area (Å²) in [6, 6.07) is 9.74. The number of rotatable bonds is 6. The van der Waals surface area contributed by atoms with E-state index in [4.69, 9.17) is 4.74 Å². The summed E-state index contributed by atoms with van der Waals surface area (Å²) in [6.07, 6.45) is 2.01. The SMILES string of the molecule is O=C(CCc1cccs1)NCCc1ccc2c(c1)NC(=O)CO2. The van der Waals surface area contributed by atoms with Crippen molar-refractivity contribution in [1.29, 1.82) is 0 Å². The van der Waals surface area contributed by atoms with Gasteiger partial charge in [0.15, 0.2) is 6.61 Å². The Morgan fingerprint density at radius 3 is 3.04 bits per heavy atom. The fraction of sp³-hybridized carbons (Fsp3) is 0.294. The van der Waals surface area contributed by atoms with Crippen LogP contribution in [0.4, 0.5) is 5.69 Å². The van der Waals surface area contributed by atoms with Crippen molar-refractivity contribution in [2.75, 3.05) is 18.5 Å². The highest BCUT2D eigenvalue weighted by molar-refractivity contribution is 7.09. The third kappa shape index (κ3) is 4.32. The van der Waals surface area contributed by atoms with E-state index in [1.807, 2.05) is 35.7 Å². The molecule has 3 rings (SSSR count). The fourth-order valence-corrected chi connectivity index (χ4v) is 3.12. The molecule has 0 saturated carbocycles. The van der Waals surface area contributed by atoms with Crippen molar-refractivity contribution >= 4 is 28.8 Å². The van der Waals surface area contributed by atoms with Gasteiger partial charge in [-0.2, -0.15) is 0 Å². The minimum atomic E-state index is -0.142. The second kappa shape index (κ2) is 7.28. The molecular formula is C17H18N2O3S. The lowest BCUT2D eigenvalue weighted by atomic mass is 10.1. The van der Waals surface area contributed by atoms with Crippen LogP contribution >= 0.6 is 11.3 Å². The lowest BCUT2D eigenvalue weighted by Crippen LogP contribution is -2.26. The summed E-state index contributed by atoms with van der Waals surface area (Å²) in [5.74, 6) is 0.609. The van der Waals surface area contributed by atoms with E-state index in [0.29, 0.717) is 30.8 Å². The van der Waals surface area contributed by atoms with Crippen LogP contribution in [0.5, 0.6) is 5.75 Å². The van der Waals surface area contributed by atoms with E-state index in [9.17, 15) is 9.59 Å². The average molecular weight is 330 g/mol. The molecule has 2 aromatic rings. The Morgan fingerprint density at radius 2 is 2.22 bits per heavy atom. The third-order valence-electron chi connectivity index (χ3n) is 3.59. The number of nitrogens with one attached hydrogen (secondary N) is 2. The highest BCUT2D eigenvalue weighted by Crippen LogP contribution is 2.28. The van der Waals surface area contributed by atoms with E-state index >= 15 is 0 Å². The van der Waals surface area contributed by atoms with E-state index in [2.05, 4.69) is 10.6 Å². The van der Waals surface area contributed by atoms with Gasteiger partial charge in [-0.15, -0.1) is 11.3 Å². The predicted molar refractivity (Wildman–Crippen MR) is 89.9 cm³/mol. The van der Waals surface area contributed by atoms with Gasteiger partial charge in [-0.1, -0.05) is 12.1 Å². The van der Waals surface area contributed by atoms with Gasteiger partial charge in [-0.3, -0.25) is 9.59 Å². The molecule has 2 amide bonds. The van der Waals surface area contributed by atoms with Crippen LogP contribution < -0.4 is 15.4 Å². The van der Waals surface area contributed by atoms with Crippen molar-refractivity contribution in [2.45, 2.75) is 19.3 Å². The van der Waals surface area contributed by atoms with E-state index in [0.717, 1.165) is 12.0 Å². The third-order valence-corrected chi connectivity index (χ3v) is 4.53. The van der Waals surface area contributed by atoms with Gasteiger partial charge in [0.2, 0.25) is 5.91 Å². The molecule has 1 aliphatic heterocycles. The zero-order valence-corrected chi connectivity index (χ0v) is 13.4. The van der Waals surface area contributed by atoms with Gasteiger partial charge in [0.25, 0.3) is 5.91 Å². The van der Waals surface area contributed by atoms with E-state index in [-0.39, 0.29) is 18.4 Å². The summed E-state index contributed by atoms with van der Waals surface area (Å²) in [7, 11) is 0. The Balaban J connectivity index is 1.44. The van der Waals surface area contributed by atoms with Crippen molar-refractivity contribution in [3.05, 3.63) is 46.2 Å². The van der Waals surface area contributed by atoms with Gasteiger partial charge in [-0.25, -0.2) is 0 Å². The summed E-state index contributed by atoms with van der Waals surface area (Å²) in [5, 5.41) is 7.73. The number of benzene rings is 1. The Morgan fingerprint density at radius 1 is 1.30 bits per heavy atom. The molecule has 1 aromatic carbocycles. The molecule has 0 unspecified atom stereocenters. The topological polar surface area (TPSA) is 67.4 Å². The highest BCUT2D eigenvalue weighted by atomic mass is 32.1. The maximum absolute atomic E-state index is 11.8. The number of anilines is 1. The second-order valence-corrected chi connectivity index (χ2v) is 6.38. The smallest absolute Gasteiger partial charge is 0.262 e. The summed E-state index contributed by atoms with van der Waals surface area (Å²) in [5.41, 5.74) is 1.75. The second-order valence-electron chi connectivity index (χ2n) is 5.35. The van der Waals surface area contributed by atoms with Crippen LogP contribution in [0, 0.1) is 0 Å². The minimum Gasteiger partial charge on any atom is -0.482 e. The first-order chi connectivity index (χ1) is 11.2. The molecule has 1 aromatic heterocycles. The molecule has 23 heavy (non-hydrogen) atoms. The lowest BCUT2D eigenvalue weighted by molar-refractivity contribution is -0.121. The number of aryl methyl sites for hydroxylation is 1. The molecule has 6 heteroatoms. The van der Waals surface area contributed by atoms with Crippen LogP contribution in [0.2, 0.25) is 0 Å². The molecule has 2 heterocycles. The van der Waals surface area contributed by atoms with E-state index < -0.39 is 0 Å². The average Bonchev–Trinajstić information content (AvgIpc) is 3.06. The van der Waals surface area contributed by atoms with Crippen molar-refractivity contribution < 1.29 is 14.3 Å². The Kier molecular flexibility index (Phi) is 4.92. The fourth-order valence-electron chi connectivity index (χ4n) is 2.41. The first-order valence-electron chi connectivity index (χ1n) is 7.55. The molecule has 5 nitrogen and oxygen atoms in total. The molecule has 0 fully saturated rings. The number of fused-ring (bicyclic) bond motifs is 1. The zero-order chi connectivity index (χ0) is 16.1. The van der Waals surface area contributed by atoms with Gasteiger partial charge in [0.05, 0.1) is 5.69 Å². The van der Waals surface area contributed by atoms with Crippen LogP contribution in [0.25, 0.3) is 0 Å². The van der Waals surface area contributed by atoms with E-state index in [1.54, 1.807) is 11.3 Å². The summed E-state index contributed by atoms with van der Waals surface area (Å²) in [6.45, 7) is 0.642. The molecule has 0 spiro atoms. The van der Waals surface area contributed by atoms with Crippen LogP contribution in [0.1, 0.15) is 16.9 Å². The number of hydrogen-bond donors (Lipinski definition) is 2. The van der Waals surface area contributed by atoms with Crippen LogP contribution in [-0.2, 0) is 22.4 Å². The normalized spacial score (nSPS) is 13.0. The van der Waals surface area contributed by atoms with Gasteiger partial charge in [-0.05, 0) is 42.0 Å². The number of carbonyl (C=O) groups excluding carboxylic acids is 2. The number of hydrogen-bond acceptors (Lipinski definition) is 4. The molecular weight excluding hydrogens is 312 g/mol. The Hall–Kier alpha value is -2.34. The largest absolute Gasteiger partial charge is 0.482 e. The minimum absolute atomic E-state index is 0.0621. The van der Waals surface area contributed by atoms with Gasteiger partial charge < -0.3 is 15.4 Å². The van der Waals surface area contributed by atoms with Gasteiger partial charge in [0.1, 0.15) is 5.75 Å². The molecule has 120 valence electrons. The summed E-state index contributed by atoms with van der Waals surface area (Å²) < 4.78 is 5.32. The van der Waals surface area contributed by atoms with Crippen molar-refractivity contribution in [1.82, 2.24) is 5.32 Å². The standard InChI is InChI=1S/C17H18N2O3S/c20-16(6-4-13-2-1-9-23-13)18-8-7-12-3-5-15-14(10-12)19-17(21)11-22-15/h1-3,5,9-10H,4,6-8,11H2,(H,18,20)(H,19,21). The highest BCUT2D eigenvalue weighted by Gasteiger charge is 2.15. The first-order valence-corrected chi connectivity index (χ1v) is 8.43. The number of amides is 2. The van der Waals surface area contributed by atoms with Crippen LogP contribution in [-0.4, -0.2) is 25.0 Å². The van der Waals surface area contributed by atoms with Gasteiger partial charge in [0, 0.05) is 17.8 Å². The first kappa shape index (κ1) is 15.6. The monoisotopic (exact) mass is 330 g/mol. The number of carbonyl (C=O) groups is 2. The lowest BCUT2D eigenvalue weighted by Gasteiger charge is -2.18. The van der Waals surface area contributed by atoms with Crippen molar-refractivity contribution in [2.24, 2.45) is 0 Å². The molecule has 0 atom stereocenters.